The van der Waals surface area contributed by atoms with Gasteiger partial charge in [0.05, 0.1) is 6.61 Å². The van der Waals surface area contributed by atoms with Gasteiger partial charge in [0.2, 0.25) is 0 Å². The Morgan fingerprint density at radius 2 is 1.57 bits per heavy atom. The molecule has 0 aliphatic carbocycles. The summed E-state index contributed by atoms with van der Waals surface area (Å²) in [6.45, 7) is 2.06. The number of allylic oxidation sites excluding steroid dienone is 3. The summed E-state index contributed by atoms with van der Waals surface area (Å²) in [6, 6.07) is 0. The average Bonchev–Trinajstić information content (AvgIpc) is 1.85. The van der Waals surface area contributed by atoms with E-state index in [0.717, 1.165) is 0 Å². The maximum atomic E-state index is 8.52. The van der Waals surface area contributed by atoms with E-state index < -0.39 is 10.4 Å². The molecule has 0 bridgehead atoms. The number of hydrogen-bond donors (Lipinski definition) is 1. The van der Waals surface area contributed by atoms with Crippen molar-refractivity contribution in [3.63, 3.8) is 0 Å². The third-order valence-corrected chi connectivity index (χ3v) is 0.545. The Hall–Kier alpha value is 1.31. The Balaban J connectivity index is -0.0000000651. The van der Waals surface area contributed by atoms with Crippen molar-refractivity contribution in [2.24, 2.45) is 0 Å². The maximum absolute atomic E-state index is 8.52. The van der Waals surface area contributed by atoms with Gasteiger partial charge in [-0.15, -0.1) is 0 Å². The quantitative estimate of drug-likeness (QED) is 0.224. The average molecular weight is 240 g/mol. The number of aliphatic hydroxyl groups is 1. The zero-order valence-corrected chi connectivity index (χ0v) is 13.3. The zero-order valence-electron chi connectivity index (χ0n) is 8.50. The van der Waals surface area contributed by atoms with Crippen molar-refractivity contribution < 1.29 is 81.7 Å². The Bertz CT molecular complexity index is 227. The minimum atomic E-state index is -5.17. The molecule has 5 nitrogen and oxygen atoms in total. The van der Waals surface area contributed by atoms with Crippen LogP contribution in [-0.2, 0) is 10.4 Å². The topological polar surface area (TPSA) is 100 Å². The second-order valence-corrected chi connectivity index (χ2v) is 2.36. The molecule has 8 heteroatoms. The van der Waals surface area contributed by atoms with E-state index in [2.05, 4.69) is 0 Å². The van der Waals surface area contributed by atoms with Gasteiger partial charge in [-0.1, -0.05) is 24.3 Å². The van der Waals surface area contributed by atoms with Crippen molar-refractivity contribution in [3.8, 4) is 0 Å². The van der Waals surface area contributed by atoms with E-state index in [1.165, 1.54) is 0 Å². The summed E-state index contributed by atoms with van der Waals surface area (Å²) in [5, 5.41) is 8.17. The predicted molar refractivity (Wildman–Crippen MR) is 41.5 cm³/mol. The molecule has 1 N–H and O–H groups in total. The van der Waals surface area contributed by atoms with Gasteiger partial charge in [0.15, 0.2) is 0 Å². The van der Waals surface area contributed by atoms with Crippen LogP contribution < -0.4 is 59.1 Å². The molecule has 0 amide bonds. The van der Waals surface area contributed by atoms with Crippen molar-refractivity contribution in [2.45, 2.75) is 6.92 Å². The molecule has 14 heavy (non-hydrogen) atoms. The molecule has 0 rings (SSSR count). The van der Waals surface area contributed by atoms with E-state index in [-0.39, 0.29) is 65.7 Å². The molecular weight excluding hydrogens is 230 g/mol. The third-order valence-electron chi connectivity index (χ3n) is 0.545. The number of aliphatic hydroxyl groups excluding tert-OH is 1. The monoisotopic (exact) mass is 240 g/mol. The number of rotatable bonds is 2. The molecule has 0 unspecified atom stereocenters. The Morgan fingerprint density at radius 1 is 1.21 bits per heavy atom. The van der Waals surface area contributed by atoms with Crippen molar-refractivity contribution in [3.05, 3.63) is 24.3 Å². The summed E-state index contributed by atoms with van der Waals surface area (Å²) in [7, 11) is -5.17. The summed E-state index contributed by atoms with van der Waals surface area (Å²) in [6.07, 6.45) is 7.27. The second kappa shape index (κ2) is 16.7. The molecule has 0 radical (unpaired) electrons. The number of hydrogen-bond acceptors (Lipinski definition) is 5. The first-order valence-corrected chi connectivity index (χ1v) is 4.30. The Kier molecular flexibility index (Phi) is 29.3. The SMILES string of the molecule is C/C=C/C=C/CO.O=S(=O)([O-])[O-].[Na+].[Na+]. The van der Waals surface area contributed by atoms with E-state index in [1.807, 2.05) is 19.1 Å². The Morgan fingerprint density at radius 3 is 1.79 bits per heavy atom. The van der Waals surface area contributed by atoms with E-state index in [4.69, 9.17) is 22.6 Å². The zero-order chi connectivity index (χ0) is 10.0. The largest absolute Gasteiger partial charge is 1.00 e. The summed E-state index contributed by atoms with van der Waals surface area (Å²) in [4.78, 5) is 0. The van der Waals surface area contributed by atoms with E-state index >= 15 is 0 Å². The summed E-state index contributed by atoms with van der Waals surface area (Å²) in [5.41, 5.74) is 0. The molecule has 0 aromatic rings. The first kappa shape index (κ1) is 24.5. The molecule has 0 aliphatic heterocycles. The van der Waals surface area contributed by atoms with Gasteiger partial charge in [-0.3, -0.25) is 8.42 Å². The third kappa shape index (κ3) is 71.5. The summed E-state index contributed by atoms with van der Waals surface area (Å²) in [5.74, 6) is 0. The summed E-state index contributed by atoms with van der Waals surface area (Å²) >= 11 is 0. The van der Waals surface area contributed by atoms with Crippen molar-refractivity contribution in [1.29, 1.82) is 0 Å². The molecule has 0 fully saturated rings. The van der Waals surface area contributed by atoms with Crippen LogP contribution in [0.1, 0.15) is 6.92 Å². The first-order valence-electron chi connectivity index (χ1n) is 2.97. The molecule has 0 aromatic carbocycles. The Labute approximate surface area is 128 Å². The van der Waals surface area contributed by atoms with Crippen LogP contribution in [0.15, 0.2) is 24.3 Å². The van der Waals surface area contributed by atoms with Gasteiger partial charge < -0.3 is 14.2 Å². The molecular formula is C6H10Na2O5S. The predicted octanol–water partition coefficient (Wildman–Crippen LogP) is -6.22. The van der Waals surface area contributed by atoms with Crippen LogP contribution in [0.3, 0.4) is 0 Å². The molecule has 0 spiro atoms. The molecule has 0 atom stereocenters. The van der Waals surface area contributed by atoms with Crippen LogP contribution in [-0.4, -0.2) is 29.2 Å². The smallest absolute Gasteiger partial charge is 0.759 e. The molecule has 0 saturated carbocycles. The van der Waals surface area contributed by atoms with E-state index in [9.17, 15) is 0 Å². The second-order valence-electron chi connectivity index (χ2n) is 1.54. The first-order chi connectivity index (χ1) is 5.41. The fourth-order valence-electron chi connectivity index (χ4n) is 0.251. The van der Waals surface area contributed by atoms with Gasteiger partial charge in [-0.25, -0.2) is 0 Å². The van der Waals surface area contributed by atoms with Gasteiger partial charge in [-0.2, -0.15) is 0 Å². The van der Waals surface area contributed by atoms with Crippen molar-refractivity contribution in [2.75, 3.05) is 6.61 Å². The van der Waals surface area contributed by atoms with Gasteiger partial charge in [-0.05, 0) is 6.92 Å². The van der Waals surface area contributed by atoms with Crippen molar-refractivity contribution >= 4 is 10.4 Å². The van der Waals surface area contributed by atoms with Crippen LogP contribution in [0, 0.1) is 0 Å². The maximum Gasteiger partial charge on any atom is 1.00 e. The van der Waals surface area contributed by atoms with Crippen LogP contribution in [0.25, 0.3) is 0 Å². The van der Waals surface area contributed by atoms with Gasteiger partial charge in [0, 0.05) is 10.4 Å². The van der Waals surface area contributed by atoms with E-state index in [0.29, 0.717) is 0 Å². The van der Waals surface area contributed by atoms with Gasteiger partial charge >= 0.3 is 59.1 Å². The van der Waals surface area contributed by atoms with E-state index in [1.54, 1.807) is 12.2 Å². The van der Waals surface area contributed by atoms with Gasteiger partial charge in [0.1, 0.15) is 0 Å². The normalized spacial score (nSPS) is 10.0. The van der Waals surface area contributed by atoms with Crippen LogP contribution in [0.5, 0.6) is 0 Å². The molecule has 0 heterocycles. The van der Waals surface area contributed by atoms with Gasteiger partial charge in [0.25, 0.3) is 0 Å². The minimum Gasteiger partial charge on any atom is -0.759 e. The molecule has 0 aliphatic rings. The van der Waals surface area contributed by atoms with Crippen LogP contribution in [0.4, 0.5) is 0 Å². The van der Waals surface area contributed by atoms with Crippen molar-refractivity contribution in [1.82, 2.24) is 0 Å². The molecule has 0 saturated heterocycles. The fourth-order valence-corrected chi connectivity index (χ4v) is 0.251. The van der Waals surface area contributed by atoms with Crippen LogP contribution in [0.2, 0.25) is 0 Å². The minimum absolute atomic E-state index is 0. The summed E-state index contributed by atoms with van der Waals surface area (Å²) < 4.78 is 34.1. The standard InChI is InChI=1S/C6H10O.2Na.H2O4S/c1-2-3-4-5-6-7;;;1-5(2,3)4/h2-5,7H,6H2,1H3;;;(H2,1,2,3,4)/q;2*+1;/p-2/b3-2+,5-4+;;;. The van der Waals surface area contributed by atoms with Crippen LogP contribution >= 0.6 is 0 Å². The molecule has 0 aromatic heterocycles. The molecule has 72 valence electrons. The fraction of sp³-hybridized carbons (Fsp3) is 0.333.